The molecule has 0 bridgehead atoms. The summed E-state index contributed by atoms with van der Waals surface area (Å²) in [6, 6.07) is 14.7. The molecule has 0 aliphatic rings. The fraction of sp³-hybridized carbons (Fsp3) is 0.211. The first kappa shape index (κ1) is 16.0. The zero-order valence-corrected chi connectivity index (χ0v) is 13.4. The van der Waals surface area contributed by atoms with Gasteiger partial charge in [-0.3, -0.25) is 0 Å². The van der Waals surface area contributed by atoms with Gasteiger partial charge in [0.15, 0.2) is 6.54 Å². The van der Waals surface area contributed by atoms with Gasteiger partial charge in [-0.1, -0.05) is 18.7 Å². The third kappa shape index (κ3) is 3.83. The highest BCUT2D eigenvalue weighted by Crippen LogP contribution is 2.14. The number of rotatable bonds is 6. The molecule has 2 aromatic rings. The van der Waals surface area contributed by atoms with Gasteiger partial charge in [-0.15, -0.1) is 0 Å². The van der Waals surface area contributed by atoms with Gasteiger partial charge in [0.05, 0.1) is 6.54 Å². The van der Waals surface area contributed by atoms with Crippen LogP contribution in [0.25, 0.3) is 18.2 Å². The molecule has 0 saturated carbocycles. The van der Waals surface area contributed by atoms with Crippen molar-refractivity contribution in [1.29, 1.82) is 0 Å². The van der Waals surface area contributed by atoms with Crippen LogP contribution in [0.1, 0.15) is 17.0 Å². The lowest BCUT2D eigenvalue weighted by Crippen LogP contribution is -2.43. The van der Waals surface area contributed by atoms with Crippen molar-refractivity contribution in [1.82, 2.24) is 0 Å². The number of benzene rings is 1. The molecule has 0 spiro atoms. The largest absolute Gasteiger partial charge is 0.378 e. The molecule has 0 fully saturated rings. The monoisotopic (exact) mass is 294 g/mol. The first-order valence-corrected chi connectivity index (χ1v) is 7.46. The van der Waals surface area contributed by atoms with Gasteiger partial charge in [-0.05, 0) is 29.8 Å². The van der Waals surface area contributed by atoms with Crippen LogP contribution in [0.5, 0.6) is 0 Å². The van der Waals surface area contributed by atoms with Gasteiger partial charge in [-0.2, -0.15) is 4.57 Å². The first-order valence-electron chi connectivity index (χ1n) is 7.46. The molecule has 1 heterocycles. The second-order valence-corrected chi connectivity index (χ2v) is 5.34. The summed E-state index contributed by atoms with van der Waals surface area (Å²) >= 11 is 0. The molecular formula is C19H24N3+. The fourth-order valence-electron chi connectivity index (χ4n) is 2.35. The number of anilines is 1. The topological polar surface area (TPSA) is 33.1 Å². The Hall–Kier alpha value is -2.39. The number of hydrogen-bond donors (Lipinski definition) is 1. The summed E-state index contributed by atoms with van der Waals surface area (Å²) in [4.78, 5) is 2.09. The van der Waals surface area contributed by atoms with Crippen LogP contribution in [0, 0.1) is 0 Å². The van der Waals surface area contributed by atoms with E-state index >= 15 is 0 Å². The van der Waals surface area contributed by atoms with Crippen LogP contribution in [0.3, 0.4) is 0 Å². The van der Waals surface area contributed by atoms with Crippen LogP contribution in [-0.4, -0.2) is 20.6 Å². The second-order valence-electron chi connectivity index (χ2n) is 5.34. The number of pyridine rings is 1. The molecule has 0 amide bonds. The van der Waals surface area contributed by atoms with Crippen molar-refractivity contribution in [2.75, 3.05) is 25.5 Å². The third-order valence-corrected chi connectivity index (χ3v) is 3.58. The molecule has 3 heteroatoms. The number of nitrogens with two attached hydrogens (primary N) is 1. The van der Waals surface area contributed by atoms with Crippen LogP contribution < -0.4 is 15.2 Å². The molecule has 1 aromatic carbocycles. The van der Waals surface area contributed by atoms with Gasteiger partial charge < -0.3 is 10.6 Å². The van der Waals surface area contributed by atoms with Gasteiger partial charge in [0, 0.05) is 44.1 Å². The standard InChI is InChI=1S/C19H24N3/c1-4-17-6-5-7-19(22(17)15-14-20)13-10-16-8-11-18(12-9-16)21(2)3/h4-13H,1,14-15,20H2,2-3H3/q+1. The molecule has 0 aliphatic heterocycles. The molecule has 114 valence electrons. The van der Waals surface area contributed by atoms with Crippen molar-refractivity contribution in [2.45, 2.75) is 6.54 Å². The Labute approximate surface area is 133 Å². The molecule has 0 aliphatic carbocycles. The summed E-state index contributed by atoms with van der Waals surface area (Å²) in [5.41, 5.74) is 10.3. The molecule has 22 heavy (non-hydrogen) atoms. The van der Waals surface area contributed by atoms with E-state index in [2.05, 4.69) is 58.5 Å². The third-order valence-electron chi connectivity index (χ3n) is 3.58. The van der Waals surface area contributed by atoms with E-state index in [1.807, 2.05) is 32.3 Å². The summed E-state index contributed by atoms with van der Waals surface area (Å²) in [7, 11) is 4.09. The average Bonchev–Trinajstić information content (AvgIpc) is 2.54. The van der Waals surface area contributed by atoms with E-state index in [9.17, 15) is 0 Å². The fourth-order valence-corrected chi connectivity index (χ4v) is 2.35. The maximum absolute atomic E-state index is 5.72. The SMILES string of the molecule is C=Cc1cccc(/C=C/c2ccc(N(C)C)cc2)[n+]1CCN. The molecule has 2 rings (SSSR count). The molecule has 2 N–H and O–H groups in total. The van der Waals surface area contributed by atoms with Gasteiger partial charge in [0.1, 0.15) is 0 Å². The lowest BCUT2D eigenvalue weighted by atomic mass is 10.1. The van der Waals surface area contributed by atoms with E-state index in [-0.39, 0.29) is 0 Å². The zero-order chi connectivity index (χ0) is 15.9. The van der Waals surface area contributed by atoms with Gasteiger partial charge in [-0.25, -0.2) is 0 Å². The Morgan fingerprint density at radius 2 is 1.73 bits per heavy atom. The summed E-state index contributed by atoms with van der Waals surface area (Å²) in [5.74, 6) is 0. The number of hydrogen-bond acceptors (Lipinski definition) is 2. The lowest BCUT2D eigenvalue weighted by Gasteiger charge is -2.11. The quantitative estimate of drug-likeness (QED) is 0.831. The molecule has 0 unspecified atom stereocenters. The van der Waals surface area contributed by atoms with Crippen LogP contribution in [0.2, 0.25) is 0 Å². The summed E-state index contributed by atoms with van der Waals surface area (Å²) in [6.45, 7) is 5.25. The Balaban J connectivity index is 2.27. The Bertz CT molecular complexity index is 655. The van der Waals surface area contributed by atoms with Crippen LogP contribution >= 0.6 is 0 Å². The predicted molar refractivity (Wildman–Crippen MR) is 95.5 cm³/mol. The van der Waals surface area contributed by atoms with Gasteiger partial charge in [0.2, 0.25) is 11.4 Å². The highest BCUT2D eigenvalue weighted by atomic mass is 15.1. The smallest absolute Gasteiger partial charge is 0.205 e. The van der Waals surface area contributed by atoms with Gasteiger partial charge >= 0.3 is 0 Å². The summed E-state index contributed by atoms with van der Waals surface area (Å²) in [6.07, 6.45) is 6.10. The minimum Gasteiger partial charge on any atom is -0.378 e. The molecule has 0 radical (unpaired) electrons. The van der Waals surface area contributed by atoms with Crippen molar-refractivity contribution >= 4 is 23.9 Å². The Morgan fingerprint density at radius 3 is 2.32 bits per heavy atom. The minimum atomic E-state index is 0.605. The van der Waals surface area contributed by atoms with Crippen molar-refractivity contribution in [3.8, 4) is 0 Å². The molecule has 1 aromatic heterocycles. The van der Waals surface area contributed by atoms with Crippen LogP contribution in [-0.2, 0) is 6.54 Å². The maximum atomic E-state index is 5.72. The van der Waals surface area contributed by atoms with E-state index in [0.717, 1.165) is 17.9 Å². The predicted octanol–water partition coefficient (Wildman–Crippen LogP) is 2.81. The van der Waals surface area contributed by atoms with Crippen molar-refractivity contribution in [3.05, 3.63) is 66.0 Å². The second kappa shape index (κ2) is 7.57. The highest BCUT2D eigenvalue weighted by Gasteiger charge is 2.10. The van der Waals surface area contributed by atoms with Crippen molar-refractivity contribution in [2.24, 2.45) is 5.73 Å². The minimum absolute atomic E-state index is 0.605. The molecule has 0 saturated heterocycles. The zero-order valence-electron chi connectivity index (χ0n) is 13.4. The van der Waals surface area contributed by atoms with Gasteiger partial charge in [0.25, 0.3) is 0 Å². The average molecular weight is 294 g/mol. The first-order chi connectivity index (χ1) is 10.7. The van der Waals surface area contributed by atoms with E-state index in [1.165, 1.54) is 11.3 Å². The molecule has 3 nitrogen and oxygen atoms in total. The highest BCUT2D eigenvalue weighted by molar-refractivity contribution is 5.68. The van der Waals surface area contributed by atoms with Crippen molar-refractivity contribution < 1.29 is 4.57 Å². The normalized spacial score (nSPS) is 10.9. The lowest BCUT2D eigenvalue weighted by molar-refractivity contribution is -0.697. The maximum Gasteiger partial charge on any atom is 0.205 e. The van der Waals surface area contributed by atoms with E-state index in [0.29, 0.717) is 6.54 Å². The summed E-state index contributed by atoms with van der Waals surface area (Å²) in [5, 5.41) is 0. The number of aromatic nitrogens is 1. The Kier molecular flexibility index (Phi) is 5.50. The van der Waals surface area contributed by atoms with E-state index < -0.39 is 0 Å². The van der Waals surface area contributed by atoms with Crippen LogP contribution in [0.15, 0.2) is 49.0 Å². The van der Waals surface area contributed by atoms with E-state index in [4.69, 9.17) is 5.73 Å². The van der Waals surface area contributed by atoms with E-state index in [1.54, 1.807) is 0 Å². The summed E-state index contributed by atoms with van der Waals surface area (Å²) < 4.78 is 2.18. The Morgan fingerprint density at radius 1 is 1.05 bits per heavy atom. The molecular weight excluding hydrogens is 270 g/mol. The van der Waals surface area contributed by atoms with Crippen molar-refractivity contribution in [3.63, 3.8) is 0 Å². The number of nitrogens with zero attached hydrogens (tertiary/aromatic N) is 2. The molecule has 0 atom stereocenters. The van der Waals surface area contributed by atoms with Crippen LogP contribution in [0.4, 0.5) is 5.69 Å².